The number of anilines is 1. The van der Waals surface area contributed by atoms with E-state index in [1.54, 1.807) is 31.1 Å². The number of hydrogen-bond donors (Lipinski definition) is 1. The van der Waals surface area contributed by atoms with Crippen molar-refractivity contribution < 1.29 is 13.2 Å². The van der Waals surface area contributed by atoms with Crippen molar-refractivity contribution in [1.82, 2.24) is 9.21 Å². The Balaban J connectivity index is 1.64. The van der Waals surface area contributed by atoms with Crippen molar-refractivity contribution in [2.45, 2.75) is 37.2 Å². The molecule has 2 aromatic carbocycles. The molecular weight excluding hydrogens is 374 g/mol. The number of rotatable bonds is 7. The zero-order valence-electron chi connectivity index (χ0n) is 16.5. The van der Waals surface area contributed by atoms with Crippen LogP contribution >= 0.6 is 0 Å². The summed E-state index contributed by atoms with van der Waals surface area (Å²) in [5.41, 5.74) is 1.50. The van der Waals surface area contributed by atoms with E-state index in [0.29, 0.717) is 18.2 Å². The van der Waals surface area contributed by atoms with Gasteiger partial charge >= 0.3 is 6.03 Å². The SMILES string of the molecule is C[C@@H](C1CC1)N(C)C(=O)Nc1ccc(S(=O)(=O)N(C)Cc2ccccc2)cc1. The second kappa shape index (κ2) is 8.32. The van der Waals surface area contributed by atoms with Gasteiger partial charge in [0.1, 0.15) is 0 Å². The van der Waals surface area contributed by atoms with Crippen LogP contribution in [-0.2, 0) is 16.6 Å². The van der Waals surface area contributed by atoms with Crippen molar-refractivity contribution in [2.24, 2.45) is 5.92 Å². The number of benzene rings is 2. The Morgan fingerprint density at radius 1 is 1.07 bits per heavy atom. The molecule has 1 N–H and O–H groups in total. The number of hydrogen-bond acceptors (Lipinski definition) is 3. The van der Waals surface area contributed by atoms with Gasteiger partial charge in [0.05, 0.1) is 4.90 Å². The van der Waals surface area contributed by atoms with Crippen LogP contribution in [0.5, 0.6) is 0 Å². The lowest BCUT2D eigenvalue weighted by molar-refractivity contribution is 0.201. The second-order valence-electron chi connectivity index (χ2n) is 7.39. The van der Waals surface area contributed by atoms with Crippen LogP contribution in [0.1, 0.15) is 25.3 Å². The highest BCUT2D eigenvalue weighted by Crippen LogP contribution is 2.34. The van der Waals surface area contributed by atoms with Crippen LogP contribution in [0.3, 0.4) is 0 Å². The van der Waals surface area contributed by atoms with Crippen LogP contribution < -0.4 is 5.32 Å². The van der Waals surface area contributed by atoms with Crippen molar-refractivity contribution in [2.75, 3.05) is 19.4 Å². The first-order valence-electron chi connectivity index (χ1n) is 9.43. The van der Waals surface area contributed by atoms with Crippen molar-refractivity contribution in [3.05, 3.63) is 60.2 Å². The number of carbonyl (C=O) groups is 1. The van der Waals surface area contributed by atoms with Crippen molar-refractivity contribution in [3.8, 4) is 0 Å². The maximum atomic E-state index is 12.8. The largest absolute Gasteiger partial charge is 0.325 e. The molecule has 2 aromatic rings. The van der Waals surface area contributed by atoms with E-state index in [9.17, 15) is 13.2 Å². The van der Waals surface area contributed by atoms with E-state index in [-0.39, 0.29) is 17.0 Å². The lowest BCUT2D eigenvalue weighted by Crippen LogP contribution is -2.39. The van der Waals surface area contributed by atoms with E-state index < -0.39 is 10.0 Å². The molecule has 1 aliphatic rings. The molecule has 7 heteroatoms. The number of urea groups is 1. The monoisotopic (exact) mass is 401 g/mol. The van der Waals surface area contributed by atoms with Gasteiger partial charge in [-0.3, -0.25) is 0 Å². The Bertz CT molecular complexity index is 910. The molecule has 28 heavy (non-hydrogen) atoms. The summed E-state index contributed by atoms with van der Waals surface area (Å²) in [6, 6.07) is 15.8. The summed E-state index contributed by atoms with van der Waals surface area (Å²) in [6.07, 6.45) is 2.34. The molecule has 0 aliphatic heterocycles. The standard InChI is InChI=1S/C21H27N3O3S/c1-16(18-9-10-18)24(3)21(25)22-19-11-13-20(14-12-19)28(26,27)23(2)15-17-7-5-4-6-8-17/h4-8,11-14,16,18H,9-10,15H2,1-3H3,(H,22,25)/t16-/m0/s1. The van der Waals surface area contributed by atoms with Gasteiger partial charge in [-0.15, -0.1) is 0 Å². The number of carbonyl (C=O) groups excluding carboxylic acids is 1. The molecule has 0 saturated heterocycles. The lowest BCUT2D eigenvalue weighted by Gasteiger charge is -2.25. The maximum absolute atomic E-state index is 12.8. The Morgan fingerprint density at radius 3 is 2.25 bits per heavy atom. The molecule has 0 unspecified atom stereocenters. The van der Waals surface area contributed by atoms with Crippen molar-refractivity contribution >= 4 is 21.7 Å². The molecule has 1 fully saturated rings. The minimum atomic E-state index is -3.60. The topological polar surface area (TPSA) is 69.7 Å². The average Bonchev–Trinajstić information content (AvgIpc) is 3.53. The zero-order valence-corrected chi connectivity index (χ0v) is 17.3. The van der Waals surface area contributed by atoms with Crippen molar-refractivity contribution in [3.63, 3.8) is 0 Å². The highest BCUT2D eigenvalue weighted by Gasteiger charge is 2.32. The van der Waals surface area contributed by atoms with Crippen LogP contribution in [0.25, 0.3) is 0 Å². The summed E-state index contributed by atoms with van der Waals surface area (Å²) < 4.78 is 26.9. The first-order chi connectivity index (χ1) is 13.3. The Kier molecular flexibility index (Phi) is 6.05. The molecule has 1 aliphatic carbocycles. The predicted molar refractivity (Wildman–Crippen MR) is 111 cm³/mol. The van der Waals surface area contributed by atoms with Crippen LogP contribution in [0, 0.1) is 5.92 Å². The van der Waals surface area contributed by atoms with Crippen molar-refractivity contribution in [1.29, 1.82) is 0 Å². The number of nitrogens with zero attached hydrogens (tertiary/aromatic N) is 2. The molecule has 2 amide bonds. The van der Waals surface area contributed by atoms with Gasteiger partial charge in [0.2, 0.25) is 10.0 Å². The van der Waals surface area contributed by atoms with Gasteiger partial charge in [0, 0.05) is 32.4 Å². The van der Waals surface area contributed by atoms with Gasteiger partial charge in [-0.1, -0.05) is 30.3 Å². The molecule has 3 rings (SSSR count). The van der Waals surface area contributed by atoms with E-state index in [4.69, 9.17) is 0 Å². The Hall–Kier alpha value is -2.38. The molecular formula is C21H27N3O3S. The van der Waals surface area contributed by atoms with Gasteiger partial charge < -0.3 is 10.2 Å². The summed E-state index contributed by atoms with van der Waals surface area (Å²) in [6.45, 7) is 2.35. The third kappa shape index (κ3) is 4.72. The smallest absolute Gasteiger partial charge is 0.321 e. The number of sulfonamides is 1. The number of amides is 2. The van der Waals surface area contributed by atoms with Gasteiger partial charge in [-0.2, -0.15) is 4.31 Å². The van der Waals surface area contributed by atoms with Gasteiger partial charge in [-0.25, -0.2) is 13.2 Å². The van der Waals surface area contributed by atoms with E-state index in [2.05, 4.69) is 12.2 Å². The second-order valence-corrected chi connectivity index (χ2v) is 9.44. The average molecular weight is 402 g/mol. The molecule has 1 atom stereocenters. The minimum Gasteiger partial charge on any atom is -0.325 e. The van der Waals surface area contributed by atoms with E-state index in [0.717, 1.165) is 5.56 Å². The van der Waals surface area contributed by atoms with Crippen LogP contribution in [-0.4, -0.2) is 43.8 Å². The molecule has 6 nitrogen and oxygen atoms in total. The summed E-state index contributed by atoms with van der Waals surface area (Å²) in [5.74, 6) is 0.587. The zero-order chi connectivity index (χ0) is 20.3. The third-order valence-corrected chi connectivity index (χ3v) is 7.11. The molecule has 0 spiro atoms. The maximum Gasteiger partial charge on any atom is 0.321 e. The van der Waals surface area contributed by atoms with E-state index in [1.165, 1.54) is 29.3 Å². The van der Waals surface area contributed by atoms with Crippen LogP contribution in [0.2, 0.25) is 0 Å². The third-order valence-electron chi connectivity index (χ3n) is 5.30. The van der Waals surface area contributed by atoms with Gasteiger partial charge in [0.15, 0.2) is 0 Å². The molecule has 150 valence electrons. The Labute approximate surface area is 167 Å². The molecule has 0 radical (unpaired) electrons. The predicted octanol–water partition coefficient (Wildman–Crippen LogP) is 3.77. The summed E-state index contributed by atoms with van der Waals surface area (Å²) in [5, 5.41) is 2.83. The molecule has 0 aromatic heterocycles. The highest BCUT2D eigenvalue weighted by molar-refractivity contribution is 7.89. The fourth-order valence-corrected chi connectivity index (χ4v) is 4.27. The number of nitrogens with one attached hydrogen (secondary N) is 1. The quantitative estimate of drug-likeness (QED) is 0.768. The van der Waals surface area contributed by atoms with Gasteiger partial charge in [0.25, 0.3) is 0 Å². The van der Waals surface area contributed by atoms with E-state index >= 15 is 0 Å². The molecule has 0 bridgehead atoms. The normalized spacial score (nSPS) is 15.3. The summed E-state index contributed by atoms with van der Waals surface area (Å²) in [7, 11) is -0.256. The summed E-state index contributed by atoms with van der Waals surface area (Å²) >= 11 is 0. The first kappa shape index (κ1) is 20.4. The van der Waals surface area contributed by atoms with E-state index in [1.807, 2.05) is 30.3 Å². The fraction of sp³-hybridized carbons (Fsp3) is 0.381. The van der Waals surface area contributed by atoms with Crippen LogP contribution in [0.15, 0.2) is 59.5 Å². The fourth-order valence-electron chi connectivity index (χ4n) is 3.11. The minimum absolute atomic E-state index is 0.184. The molecule has 0 heterocycles. The van der Waals surface area contributed by atoms with Gasteiger partial charge in [-0.05, 0) is 55.5 Å². The first-order valence-corrected chi connectivity index (χ1v) is 10.9. The highest BCUT2D eigenvalue weighted by atomic mass is 32.2. The lowest BCUT2D eigenvalue weighted by atomic mass is 10.2. The van der Waals surface area contributed by atoms with Crippen LogP contribution in [0.4, 0.5) is 10.5 Å². The Morgan fingerprint density at radius 2 is 1.68 bits per heavy atom. The summed E-state index contributed by atoms with van der Waals surface area (Å²) in [4.78, 5) is 14.3. The molecule has 1 saturated carbocycles.